The Balaban J connectivity index is 1.38. The number of benzene rings is 1. The largest absolute Gasteiger partial charge is 0.458 e. The Labute approximate surface area is 225 Å². The van der Waals surface area contributed by atoms with E-state index in [0.717, 1.165) is 44.6 Å². The van der Waals surface area contributed by atoms with Crippen LogP contribution in [-0.4, -0.2) is 72.6 Å². The van der Waals surface area contributed by atoms with Gasteiger partial charge in [-0.15, -0.1) is 0 Å². The van der Waals surface area contributed by atoms with Gasteiger partial charge in [0.1, 0.15) is 17.0 Å². The summed E-state index contributed by atoms with van der Waals surface area (Å²) >= 11 is 0. The van der Waals surface area contributed by atoms with Crippen molar-refractivity contribution in [2.45, 2.75) is 33.0 Å². The summed E-state index contributed by atoms with van der Waals surface area (Å²) in [7, 11) is -3.45. The standard InChI is InChI=1S/C26H31F3N6O3S/c1-3-33-11-13-34(14-12-33)20-7-5-19(6-8-20)31-25-30-16-21(26(27,28)29)24(32-25)22-15-18-9-10-35(17-23(18)38-22)39(36,37)4-2/h5-8,15-16H,3-4,9-14,17H2,1-2H3,(H,30,31,32). The molecule has 210 valence electrons. The maximum absolute atomic E-state index is 13.9. The van der Waals surface area contributed by atoms with Crippen molar-refractivity contribution in [2.75, 3.05) is 55.2 Å². The number of likely N-dealkylation sites (N-methyl/N-ethyl adjacent to an activating group) is 1. The second-order valence-corrected chi connectivity index (χ2v) is 11.8. The molecule has 0 bridgehead atoms. The zero-order valence-corrected chi connectivity index (χ0v) is 22.6. The molecule has 2 aliphatic rings. The Morgan fingerprint density at radius 3 is 2.41 bits per heavy atom. The van der Waals surface area contributed by atoms with Gasteiger partial charge in [0.2, 0.25) is 16.0 Å². The highest BCUT2D eigenvalue weighted by atomic mass is 32.2. The minimum absolute atomic E-state index is 0.00753. The van der Waals surface area contributed by atoms with Crippen molar-refractivity contribution in [1.29, 1.82) is 0 Å². The van der Waals surface area contributed by atoms with E-state index in [1.54, 1.807) is 6.92 Å². The van der Waals surface area contributed by atoms with E-state index in [-0.39, 0.29) is 30.6 Å². The lowest BCUT2D eigenvalue weighted by Gasteiger charge is -2.35. The van der Waals surface area contributed by atoms with Crippen molar-refractivity contribution in [2.24, 2.45) is 0 Å². The molecule has 0 amide bonds. The van der Waals surface area contributed by atoms with Gasteiger partial charge in [-0.25, -0.2) is 18.4 Å². The van der Waals surface area contributed by atoms with Crippen molar-refractivity contribution in [1.82, 2.24) is 19.2 Å². The topological polar surface area (TPSA) is 94.8 Å². The van der Waals surface area contributed by atoms with Crippen molar-refractivity contribution in [3.05, 3.63) is 53.4 Å². The summed E-state index contributed by atoms with van der Waals surface area (Å²) in [6, 6.07) is 9.13. The third kappa shape index (κ3) is 5.89. The third-order valence-electron chi connectivity index (χ3n) is 7.24. The average molecular weight is 565 g/mol. The van der Waals surface area contributed by atoms with Gasteiger partial charge in [0.05, 0.1) is 12.3 Å². The molecule has 0 aliphatic carbocycles. The quantitative estimate of drug-likeness (QED) is 0.453. The van der Waals surface area contributed by atoms with Crippen LogP contribution >= 0.6 is 0 Å². The first-order valence-electron chi connectivity index (χ1n) is 13.0. The molecule has 4 heterocycles. The first kappa shape index (κ1) is 27.4. The molecule has 0 atom stereocenters. The number of nitrogens with zero attached hydrogens (tertiary/aromatic N) is 5. The van der Waals surface area contributed by atoms with Crippen molar-refractivity contribution in [3.63, 3.8) is 0 Å². The highest BCUT2D eigenvalue weighted by molar-refractivity contribution is 7.89. The molecular formula is C26H31F3N6O3S. The van der Waals surface area contributed by atoms with Gasteiger partial charge in [-0.1, -0.05) is 6.92 Å². The van der Waals surface area contributed by atoms with E-state index in [1.807, 2.05) is 24.3 Å². The molecule has 5 rings (SSSR count). The maximum atomic E-state index is 13.9. The Bertz CT molecular complexity index is 1420. The van der Waals surface area contributed by atoms with Gasteiger partial charge in [-0.05, 0) is 55.8 Å². The van der Waals surface area contributed by atoms with Gasteiger partial charge in [-0.3, -0.25) is 0 Å². The fraction of sp³-hybridized carbons (Fsp3) is 0.462. The van der Waals surface area contributed by atoms with Crippen LogP contribution in [0.15, 0.2) is 40.9 Å². The third-order valence-corrected chi connectivity index (χ3v) is 9.07. The van der Waals surface area contributed by atoms with E-state index < -0.39 is 27.5 Å². The number of halogens is 3. The number of rotatable bonds is 7. The summed E-state index contributed by atoms with van der Waals surface area (Å²) in [5.74, 6) is 0.178. The second-order valence-electron chi connectivity index (χ2n) is 9.59. The summed E-state index contributed by atoms with van der Waals surface area (Å²) in [6.07, 6.45) is -3.63. The average Bonchev–Trinajstić information content (AvgIpc) is 3.36. The summed E-state index contributed by atoms with van der Waals surface area (Å²) < 4.78 is 73.2. The van der Waals surface area contributed by atoms with Crippen molar-refractivity contribution < 1.29 is 26.0 Å². The molecule has 0 saturated carbocycles. The molecule has 0 spiro atoms. The van der Waals surface area contributed by atoms with Crippen molar-refractivity contribution in [3.8, 4) is 11.5 Å². The van der Waals surface area contributed by atoms with Crippen LogP contribution in [0.3, 0.4) is 0 Å². The number of anilines is 3. The van der Waals surface area contributed by atoms with E-state index in [2.05, 4.69) is 32.0 Å². The van der Waals surface area contributed by atoms with Gasteiger partial charge in [0, 0.05) is 50.3 Å². The summed E-state index contributed by atoms with van der Waals surface area (Å²) in [5.41, 5.74) is 0.953. The number of nitrogens with one attached hydrogen (secondary N) is 1. The molecule has 0 unspecified atom stereocenters. The lowest BCUT2D eigenvalue weighted by atomic mass is 10.1. The summed E-state index contributed by atoms with van der Waals surface area (Å²) in [5, 5.41) is 2.99. The fourth-order valence-electron chi connectivity index (χ4n) is 4.88. The number of furan rings is 1. The SMILES string of the molecule is CCN1CCN(c2ccc(Nc3ncc(C(F)(F)F)c(-c4cc5c(o4)CN(S(=O)(=O)CC)CC5)n3)cc2)CC1. The number of sulfonamides is 1. The molecular weight excluding hydrogens is 533 g/mol. The second kappa shape index (κ2) is 10.8. The van der Waals surface area contributed by atoms with Crippen LogP contribution in [0.1, 0.15) is 30.7 Å². The zero-order chi connectivity index (χ0) is 27.8. The normalized spacial score (nSPS) is 17.3. The Kier molecular flexibility index (Phi) is 7.57. The summed E-state index contributed by atoms with van der Waals surface area (Å²) in [6.45, 7) is 8.82. The van der Waals surface area contributed by atoms with E-state index >= 15 is 0 Å². The van der Waals surface area contributed by atoms with Crippen LogP contribution in [0.4, 0.5) is 30.5 Å². The minimum atomic E-state index is -4.71. The number of hydrogen-bond acceptors (Lipinski definition) is 8. The Morgan fingerprint density at radius 2 is 1.77 bits per heavy atom. The molecule has 1 aromatic carbocycles. The van der Waals surface area contributed by atoms with Crippen LogP contribution in [0, 0.1) is 0 Å². The molecule has 13 heteroatoms. The van der Waals surface area contributed by atoms with Gasteiger partial charge >= 0.3 is 6.18 Å². The van der Waals surface area contributed by atoms with Crippen LogP contribution < -0.4 is 10.2 Å². The van der Waals surface area contributed by atoms with E-state index in [4.69, 9.17) is 4.42 Å². The fourth-order valence-corrected chi connectivity index (χ4v) is 5.93. The molecule has 2 aromatic heterocycles. The van der Waals surface area contributed by atoms with E-state index in [1.165, 1.54) is 10.4 Å². The molecule has 9 nitrogen and oxygen atoms in total. The first-order chi connectivity index (χ1) is 18.6. The van der Waals surface area contributed by atoms with Gasteiger partial charge in [0.15, 0.2) is 5.76 Å². The molecule has 1 N–H and O–H groups in total. The highest BCUT2D eigenvalue weighted by Gasteiger charge is 2.37. The predicted molar refractivity (Wildman–Crippen MR) is 142 cm³/mol. The summed E-state index contributed by atoms with van der Waals surface area (Å²) in [4.78, 5) is 12.8. The Morgan fingerprint density at radius 1 is 1.05 bits per heavy atom. The minimum Gasteiger partial charge on any atom is -0.458 e. The van der Waals surface area contributed by atoms with E-state index in [0.29, 0.717) is 23.4 Å². The number of alkyl halides is 3. The molecule has 2 aliphatic heterocycles. The van der Waals surface area contributed by atoms with Gasteiger partial charge < -0.3 is 19.5 Å². The molecule has 0 radical (unpaired) electrons. The lowest BCUT2D eigenvalue weighted by Crippen LogP contribution is -2.46. The van der Waals surface area contributed by atoms with Crippen LogP contribution in [0.2, 0.25) is 0 Å². The van der Waals surface area contributed by atoms with E-state index in [9.17, 15) is 21.6 Å². The van der Waals surface area contributed by atoms with Crippen LogP contribution in [-0.2, 0) is 29.2 Å². The predicted octanol–water partition coefficient (Wildman–Crippen LogP) is 4.35. The van der Waals surface area contributed by atoms with Gasteiger partial charge in [-0.2, -0.15) is 17.5 Å². The number of piperazine rings is 1. The molecule has 39 heavy (non-hydrogen) atoms. The van der Waals surface area contributed by atoms with Crippen LogP contribution in [0.25, 0.3) is 11.5 Å². The molecule has 3 aromatic rings. The maximum Gasteiger partial charge on any atom is 0.420 e. The van der Waals surface area contributed by atoms with Gasteiger partial charge in [0.25, 0.3) is 0 Å². The van der Waals surface area contributed by atoms with Crippen LogP contribution in [0.5, 0.6) is 0 Å². The monoisotopic (exact) mass is 564 g/mol. The highest BCUT2D eigenvalue weighted by Crippen LogP contribution is 2.39. The Hall–Kier alpha value is -3.16. The number of fused-ring (bicyclic) bond motifs is 1. The zero-order valence-electron chi connectivity index (χ0n) is 21.8. The number of aromatic nitrogens is 2. The first-order valence-corrected chi connectivity index (χ1v) is 14.6. The van der Waals surface area contributed by atoms with Crippen molar-refractivity contribution >= 4 is 27.3 Å². The number of hydrogen-bond donors (Lipinski definition) is 1. The smallest absolute Gasteiger partial charge is 0.420 e. The molecule has 1 saturated heterocycles. The lowest BCUT2D eigenvalue weighted by molar-refractivity contribution is -0.137. The molecule has 1 fully saturated rings.